The van der Waals surface area contributed by atoms with Gasteiger partial charge in [0.2, 0.25) is 0 Å². The monoisotopic (exact) mass is 333 g/mol. The van der Waals surface area contributed by atoms with Gasteiger partial charge in [-0.15, -0.1) is 0 Å². The van der Waals surface area contributed by atoms with Crippen LogP contribution in [0.25, 0.3) is 0 Å². The van der Waals surface area contributed by atoms with Crippen LogP contribution < -0.4 is 5.32 Å². The second-order valence-corrected chi connectivity index (χ2v) is 6.47. The second-order valence-electron chi connectivity index (χ2n) is 5.62. The van der Waals surface area contributed by atoms with E-state index in [0.29, 0.717) is 17.6 Å². The van der Waals surface area contributed by atoms with Gasteiger partial charge in [0.25, 0.3) is 0 Å². The van der Waals surface area contributed by atoms with Gasteiger partial charge in [0.15, 0.2) is 0 Å². The van der Waals surface area contributed by atoms with E-state index in [1.807, 2.05) is 0 Å². The van der Waals surface area contributed by atoms with Crippen molar-refractivity contribution in [2.24, 2.45) is 11.8 Å². The molecule has 3 atom stereocenters. The number of anilines is 1. The Labute approximate surface area is 118 Å². The molecule has 104 valence electrons. The zero-order valence-corrected chi connectivity index (χ0v) is 11.9. The van der Waals surface area contributed by atoms with E-state index in [2.05, 4.69) is 21.2 Å². The lowest BCUT2D eigenvalue weighted by molar-refractivity contribution is -0.138. The van der Waals surface area contributed by atoms with Crippen molar-refractivity contribution in [3.05, 3.63) is 28.2 Å². The summed E-state index contributed by atoms with van der Waals surface area (Å²) in [6, 6.07) is 4.74. The van der Waals surface area contributed by atoms with Crippen LogP contribution in [0, 0.1) is 11.8 Å². The Kier molecular flexibility index (Phi) is 3.28. The first-order valence-electron chi connectivity index (χ1n) is 6.57. The first-order valence-corrected chi connectivity index (χ1v) is 7.36. The Bertz CT molecular complexity index is 486. The predicted molar refractivity (Wildman–Crippen MR) is 72.0 cm³/mol. The van der Waals surface area contributed by atoms with E-state index in [4.69, 9.17) is 0 Å². The van der Waals surface area contributed by atoms with Gasteiger partial charge in [-0.1, -0.05) is 22.4 Å². The van der Waals surface area contributed by atoms with Gasteiger partial charge in [-0.25, -0.2) is 0 Å². The van der Waals surface area contributed by atoms with Crippen molar-refractivity contribution >= 4 is 21.6 Å². The van der Waals surface area contributed by atoms with E-state index in [0.717, 1.165) is 12.3 Å². The Morgan fingerprint density at radius 3 is 2.53 bits per heavy atom. The minimum atomic E-state index is -4.31. The maximum atomic E-state index is 12.8. The Morgan fingerprint density at radius 2 is 1.95 bits per heavy atom. The fraction of sp³-hybridized carbons (Fsp3) is 0.571. The molecule has 3 unspecified atom stereocenters. The lowest BCUT2D eigenvalue weighted by Crippen LogP contribution is -2.26. The van der Waals surface area contributed by atoms with Crippen molar-refractivity contribution in [1.29, 1.82) is 0 Å². The molecule has 19 heavy (non-hydrogen) atoms. The smallest absolute Gasteiger partial charge is 0.382 e. The van der Waals surface area contributed by atoms with Crippen LogP contribution in [0.4, 0.5) is 18.9 Å². The SMILES string of the molecule is FC(F)(F)c1cc(NC2CC3CCC2C3)ccc1Br. The van der Waals surface area contributed by atoms with Gasteiger partial charge in [0, 0.05) is 16.2 Å². The molecule has 2 aliphatic carbocycles. The fourth-order valence-electron chi connectivity index (χ4n) is 3.47. The average molecular weight is 334 g/mol. The van der Waals surface area contributed by atoms with Gasteiger partial charge in [0.05, 0.1) is 5.56 Å². The normalized spacial score (nSPS) is 29.8. The van der Waals surface area contributed by atoms with Crippen LogP contribution in [-0.2, 0) is 6.18 Å². The van der Waals surface area contributed by atoms with Crippen molar-refractivity contribution in [2.75, 3.05) is 5.32 Å². The highest BCUT2D eigenvalue weighted by molar-refractivity contribution is 9.10. The minimum absolute atomic E-state index is 0.0958. The molecule has 1 N–H and O–H groups in total. The van der Waals surface area contributed by atoms with E-state index in [1.54, 1.807) is 6.07 Å². The molecule has 0 spiro atoms. The van der Waals surface area contributed by atoms with E-state index >= 15 is 0 Å². The number of fused-ring (bicyclic) bond motifs is 2. The molecular weight excluding hydrogens is 319 g/mol. The van der Waals surface area contributed by atoms with Crippen LogP contribution in [0.5, 0.6) is 0 Å². The van der Waals surface area contributed by atoms with Gasteiger partial charge in [0.1, 0.15) is 0 Å². The third-order valence-electron chi connectivity index (χ3n) is 4.36. The Hall–Kier alpha value is -0.710. The first kappa shape index (κ1) is 13.3. The summed E-state index contributed by atoms with van der Waals surface area (Å²) in [5, 5.41) is 3.29. The van der Waals surface area contributed by atoms with E-state index in [1.165, 1.54) is 31.4 Å². The summed E-state index contributed by atoms with van der Waals surface area (Å²) in [4.78, 5) is 0. The fourth-order valence-corrected chi connectivity index (χ4v) is 3.94. The highest BCUT2D eigenvalue weighted by Crippen LogP contribution is 2.46. The third-order valence-corrected chi connectivity index (χ3v) is 5.05. The Balaban J connectivity index is 1.78. The van der Waals surface area contributed by atoms with Gasteiger partial charge in [-0.05, 0) is 49.3 Å². The van der Waals surface area contributed by atoms with Crippen molar-refractivity contribution in [2.45, 2.75) is 37.9 Å². The zero-order valence-electron chi connectivity index (χ0n) is 10.3. The molecule has 0 heterocycles. The summed E-state index contributed by atoms with van der Waals surface area (Å²) in [5.41, 5.74) is -0.0336. The molecule has 0 aromatic heterocycles. The summed E-state index contributed by atoms with van der Waals surface area (Å²) in [6.45, 7) is 0. The van der Waals surface area contributed by atoms with Gasteiger partial charge < -0.3 is 5.32 Å². The van der Waals surface area contributed by atoms with Crippen molar-refractivity contribution in [3.8, 4) is 0 Å². The summed E-state index contributed by atoms with van der Waals surface area (Å²) in [5.74, 6) is 1.42. The number of alkyl halides is 3. The van der Waals surface area contributed by atoms with Crippen LogP contribution in [0.2, 0.25) is 0 Å². The molecule has 2 aliphatic rings. The molecule has 0 aliphatic heterocycles. The largest absolute Gasteiger partial charge is 0.417 e. The highest BCUT2D eigenvalue weighted by atomic mass is 79.9. The standard InChI is InChI=1S/C14H15BrF3N/c15-12-4-3-10(7-11(12)14(16,17)18)19-13-6-8-1-2-9(13)5-8/h3-4,7-9,13,19H,1-2,5-6H2. The molecule has 0 amide bonds. The maximum absolute atomic E-state index is 12.8. The number of hydrogen-bond acceptors (Lipinski definition) is 1. The summed E-state index contributed by atoms with van der Waals surface area (Å²) in [6.07, 6.45) is 0.523. The lowest BCUT2D eigenvalue weighted by atomic mass is 9.95. The first-order chi connectivity index (χ1) is 8.93. The second kappa shape index (κ2) is 4.69. The van der Waals surface area contributed by atoms with E-state index in [-0.39, 0.29) is 4.47 Å². The molecule has 2 fully saturated rings. The average Bonchev–Trinajstić information content (AvgIpc) is 2.92. The van der Waals surface area contributed by atoms with Crippen LogP contribution in [0.3, 0.4) is 0 Å². The van der Waals surface area contributed by atoms with E-state index < -0.39 is 11.7 Å². The molecule has 1 nitrogen and oxygen atoms in total. The van der Waals surface area contributed by atoms with Gasteiger partial charge in [-0.3, -0.25) is 0 Å². The zero-order chi connectivity index (χ0) is 13.6. The quantitative estimate of drug-likeness (QED) is 0.796. The van der Waals surface area contributed by atoms with Gasteiger partial charge in [-0.2, -0.15) is 13.2 Å². The van der Waals surface area contributed by atoms with Crippen LogP contribution in [0.15, 0.2) is 22.7 Å². The van der Waals surface area contributed by atoms with Crippen LogP contribution in [-0.4, -0.2) is 6.04 Å². The number of halogens is 4. The number of nitrogens with one attached hydrogen (secondary N) is 1. The molecule has 5 heteroatoms. The summed E-state index contributed by atoms with van der Waals surface area (Å²) >= 11 is 2.96. The lowest BCUT2D eigenvalue weighted by Gasteiger charge is -2.24. The van der Waals surface area contributed by atoms with Crippen molar-refractivity contribution in [1.82, 2.24) is 0 Å². The highest BCUT2D eigenvalue weighted by Gasteiger charge is 2.39. The van der Waals surface area contributed by atoms with Crippen LogP contribution in [0.1, 0.15) is 31.2 Å². The van der Waals surface area contributed by atoms with Gasteiger partial charge >= 0.3 is 6.18 Å². The van der Waals surface area contributed by atoms with Crippen molar-refractivity contribution in [3.63, 3.8) is 0 Å². The molecule has 0 saturated heterocycles. The predicted octanol–water partition coefficient (Wildman–Crippen LogP) is 5.07. The molecule has 2 saturated carbocycles. The van der Waals surface area contributed by atoms with E-state index in [9.17, 15) is 13.2 Å². The molecule has 2 bridgehead atoms. The Morgan fingerprint density at radius 1 is 1.16 bits per heavy atom. The number of benzene rings is 1. The third kappa shape index (κ3) is 2.62. The summed E-state index contributed by atoms with van der Waals surface area (Å²) in [7, 11) is 0. The number of hydrogen-bond donors (Lipinski definition) is 1. The minimum Gasteiger partial charge on any atom is -0.382 e. The van der Waals surface area contributed by atoms with Crippen molar-refractivity contribution < 1.29 is 13.2 Å². The molecular formula is C14H15BrF3N. The molecule has 3 rings (SSSR count). The molecule has 0 radical (unpaired) electrons. The van der Waals surface area contributed by atoms with Crippen LogP contribution >= 0.6 is 15.9 Å². The maximum Gasteiger partial charge on any atom is 0.417 e. The topological polar surface area (TPSA) is 12.0 Å². The molecule has 1 aromatic rings. The number of rotatable bonds is 2. The summed E-state index contributed by atoms with van der Waals surface area (Å²) < 4.78 is 38.6. The molecule has 1 aromatic carbocycles.